The molecule has 0 aliphatic rings. The number of rotatable bonds is 6. The Morgan fingerprint density at radius 2 is 1.48 bits per heavy atom. The van der Waals surface area contributed by atoms with E-state index in [4.69, 9.17) is 0 Å². The summed E-state index contributed by atoms with van der Waals surface area (Å²) in [5, 5.41) is 10.4. The number of hydrogen-bond donors (Lipinski definition) is 1. The third kappa shape index (κ3) is 4.69. The van der Waals surface area contributed by atoms with Crippen LogP contribution in [0.1, 0.15) is 42.6 Å². The van der Waals surface area contributed by atoms with E-state index < -0.39 is 6.10 Å². The van der Waals surface area contributed by atoms with Gasteiger partial charge in [-0.3, -0.25) is 4.90 Å². The molecule has 0 aliphatic carbocycles. The smallest absolute Gasteiger partial charge is 0.0916 e. The van der Waals surface area contributed by atoms with Crippen molar-refractivity contribution in [2.24, 2.45) is 0 Å². The molecule has 0 amide bonds. The van der Waals surface area contributed by atoms with Crippen LogP contribution < -0.4 is 0 Å². The van der Waals surface area contributed by atoms with Gasteiger partial charge in [0.25, 0.3) is 0 Å². The molecule has 2 heteroatoms. The molecule has 0 bridgehead atoms. The highest BCUT2D eigenvalue weighted by Crippen LogP contribution is 2.19. The van der Waals surface area contributed by atoms with Crippen molar-refractivity contribution in [1.29, 1.82) is 0 Å². The van der Waals surface area contributed by atoms with E-state index in [1.165, 1.54) is 11.1 Å². The van der Waals surface area contributed by atoms with Gasteiger partial charge in [0.05, 0.1) is 6.10 Å². The molecule has 2 nitrogen and oxygen atoms in total. The second kappa shape index (κ2) is 7.39. The molecule has 112 valence electrons. The summed E-state index contributed by atoms with van der Waals surface area (Å²) in [6.07, 6.45) is -0.445. The van der Waals surface area contributed by atoms with E-state index in [0.29, 0.717) is 12.5 Å². The summed E-state index contributed by atoms with van der Waals surface area (Å²) in [7, 11) is 2.04. The number of aliphatic hydroxyl groups is 1. The quantitative estimate of drug-likeness (QED) is 0.867. The maximum absolute atomic E-state index is 10.4. The third-order valence-electron chi connectivity index (χ3n) is 3.77. The Labute approximate surface area is 128 Å². The van der Waals surface area contributed by atoms with Crippen LogP contribution in [0.25, 0.3) is 0 Å². The summed E-state index contributed by atoms with van der Waals surface area (Å²) in [6.45, 7) is 5.84. The van der Waals surface area contributed by atoms with Crippen molar-refractivity contribution < 1.29 is 5.11 Å². The van der Waals surface area contributed by atoms with Gasteiger partial charge in [-0.05, 0) is 29.7 Å². The van der Waals surface area contributed by atoms with Crippen LogP contribution in [0.5, 0.6) is 0 Å². The minimum atomic E-state index is -0.445. The molecule has 2 aromatic carbocycles. The Kier molecular flexibility index (Phi) is 5.54. The highest BCUT2D eigenvalue weighted by molar-refractivity contribution is 5.26. The molecule has 0 aliphatic heterocycles. The molecule has 0 aromatic heterocycles. The fourth-order valence-corrected chi connectivity index (χ4v) is 2.46. The van der Waals surface area contributed by atoms with Crippen LogP contribution in [0.2, 0.25) is 0 Å². The average Bonchev–Trinajstić information content (AvgIpc) is 2.48. The second-order valence-electron chi connectivity index (χ2n) is 6.02. The van der Waals surface area contributed by atoms with Gasteiger partial charge in [-0.2, -0.15) is 0 Å². The lowest BCUT2D eigenvalue weighted by atomic mass is 10.00. The Morgan fingerprint density at radius 1 is 0.905 bits per heavy atom. The monoisotopic (exact) mass is 283 g/mol. The zero-order valence-corrected chi connectivity index (χ0v) is 13.2. The molecule has 0 saturated carbocycles. The van der Waals surface area contributed by atoms with Crippen molar-refractivity contribution in [2.75, 3.05) is 13.6 Å². The molecular formula is C19H25NO. The van der Waals surface area contributed by atoms with Gasteiger partial charge in [-0.25, -0.2) is 0 Å². The average molecular weight is 283 g/mol. The molecule has 0 radical (unpaired) electrons. The van der Waals surface area contributed by atoms with E-state index in [1.54, 1.807) is 0 Å². The topological polar surface area (TPSA) is 23.5 Å². The molecule has 21 heavy (non-hydrogen) atoms. The summed E-state index contributed by atoms with van der Waals surface area (Å²) >= 11 is 0. The van der Waals surface area contributed by atoms with Crippen LogP contribution in [-0.2, 0) is 6.54 Å². The van der Waals surface area contributed by atoms with E-state index in [1.807, 2.05) is 37.4 Å². The fraction of sp³-hybridized carbons (Fsp3) is 0.368. The molecule has 2 rings (SSSR count). The second-order valence-corrected chi connectivity index (χ2v) is 6.02. The van der Waals surface area contributed by atoms with Gasteiger partial charge in [-0.1, -0.05) is 68.4 Å². The first-order valence-electron chi connectivity index (χ1n) is 7.56. The van der Waals surface area contributed by atoms with Crippen molar-refractivity contribution in [3.8, 4) is 0 Å². The van der Waals surface area contributed by atoms with Crippen LogP contribution >= 0.6 is 0 Å². The van der Waals surface area contributed by atoms with Gasteiger partial charge < -0.3 is 5.11 Å². The number of aliphatic hydroxyl groups excluding tert-OH is 1. The SMILES string of the molecule is CC(C)c1ccc(C(O)CN(C)Cc2ccccc2)cc1. The van der Waals surface area contributed by atoms with Gasteiger partial charge in [0.15, 0.2) is 0 Å². The molecule has 0 spiro atoms. The molecule has 1 N–H and O–H groups in total. The first kappa shape index (κ1) is 15.7. The lowest BCUT2D eigenvalue weighted by molar-refractivity contribution is 0.124. The fourth-order valence-electron chi connectivity index (χ4n) is 2.46. The third-order valence-corrected chi connectivity index (χ3v) is 3.77. The van der Waals surface area contributed by atoms with Gasteiger partial charge in [-0.15, -0.1) is 0 Å². The van der Waals surface area contributed by atoms with Crippen LogP contribution in [0, 0.1) is 0 Å². The highest BCUT2D eigenvalue weighted by Gasteiger charge is 2.11. The van der Waals surface area contributed by atoms with Crippen LogP contribution in [-0.4, -0.2) is 23.6 Å². The van der Waals surface area contributed by atoms with E-state index in [9.17, 15) is 5.11 Å². The van der Waals surface area contributed by atoms with Crippen molar-refractivity contribution in [3.63, 3.8) is 0 Å². The van der Waals surface area contributed by atoms with Crippen LogP contribution in [0.4, 0.5) is 0 Å². The van der Waals surface area contributed by atoms with Crippen molar-refractivity contribution in [1.82, 2.24) is 4.90 Å². The number of hydrogen-bond acceptors (Lipinski definition) is 2. The summed E-state index contributed by atoms with van der Waals surface area (Å²) < 4.78 is 0. The highest BCUT2D eigenvalue weighted by atomic mass is 16.3. The summed E-state index contributed by atoms with van der Waals surface area (Å²) in [6, 6.07) is 18.6. The Hall–Kier alpha value is -1.64. The maximum atomic E-state index is 10.4. The minimum Gasteiger partial charge on any atom is -0.387 e. The van der Waals surface area contributed by atoms with Crippen molar-refractivity contribution in [2.45, 2.75) is 32.4 Å². The number of likely N-dealkylation sites (N-methyl/N-ethyl adjacent to an activating group) is 1. The van der Waals surface area contributed by atoms with Gasteiger partial charge in [0.1, 0.15) is 0 Å². The maximum Gasteiger partial charge on any atom is 0.0916 e. The van der Waals surface area contributed by atoms with E-state index in [0.717, 1.165) is 12.1 Å². The first-order valence-corrected chi connectivity index (χ1v) is 7.56. The Morgan fingerprint density at radius 3 is 2.05 bits per heavy atom. The zero-order chi connectivity index (χ0) is 15.2. The Balaban J connectivity index is 1.92. The summed E-state index contributed by atoms with van der Waals surface area (Å²) in [5.41, 5.74) is 3.56. The molecule has 0 saturated heterocycles. The Bertz CT molecular complexity index is 533. The minimum absolute atomic E-state index is 0.445. The van der Waals surface area contributed by atoms with Gasteiger partial charge in [0, 0.05) is 13.1 Å². The van der Waals surface area contributed by atoms with Gasteiger partial charge >= 0.3 is 0 Å². The van der Waals surface area contributed by atoms with Crippen molar-refractivity contribution >= 4 is 0 Å². The molecule has 1 atom stereocenters. The summed E-state index contributed by atoms with van der Waals surface area (Å²) in [4.78, 5) is 2.15. The van der Waals surface area contributed by atoms with Crippen LogP contribution in [0.3, 0.4) is 0 Å². The van der Waals surface area contributed by atoms with E-state index in [-0.39, 0.29) is 0 Å². The van der Waals surface area contributed by atoms with E-state index >= 15 is 0 Å². The number of nitrogens with zero attached hydrogens (tertiary/aromatic N) is 1. The molecular weight excluding hydrogens is 258 g/mol. The standard InChI is InChI=1S/C19H25NO/c1-15(2)17-9-11-18(12-10-17)19(21)14-20(3)13-16-7-5-4-6-8-16/h4-12,15,19,21H,13-14H2,1-3H3. The summed E-state index contributed by atoms with van der Waals surface area (Å²) in [5.74, 6) is 0.525. The lowest BCUT2D eigenvalue weighted by Crippen LogP contribution is -2.24. The lowest BCUT2D eigenvalue weighted by Gasteiger charge is -2.21. The number of benzene rings is 2. The van der Waals surface area contributed by atoms with Crippen molar-refractivity contribution in [3.05, 3.63) is 71.3 Å². The molecule has 0 fully saturated rings. The predicted octanol–water partition coefficient (Wildman–Crippen LogP) is 3.98. The first-order chi connectivity index (χ1) is 10.1. The molecule has 2 aromatic rings. The normalized spacial score (nSPS) is 12.9. The van der Waals surface area contributed by atoms with Crippen LogP contribution in [0.15, 0.2) is 54.6 Å². The largest absolute Gasteiger partial charge is 0.387 e. The van der Waals surface area contributed by atoms with Gasteiger partial charge in [0.2, 0.25) is 0 Å². The zero-order valence-electron chi connectivity index (χ0n) is 13.2. The molecule has 1 unspecified atom stereocenters. The predicted molar refractivity (Wildman–Crippen MR) is 88.3 cm³/mol. The van der Waals surface area contributed by atoms with E-state index in [2.05, 4.69) is 43.0 Å². The molecule has 0 heterocycles.